The van der Waals surface area contributed by atoms with Crippen LogP contribution in [0.3, 0.4) is 0 Å². The van der Waals surface area contributed by atoms with Gasteiger partial charge in [-0.1, -0.05) is 291 Å². The van der Waals surface area contributed by atoms with Crippen LogP contribution in [0.2, 0.25) is 0 Å². The van der Waals surface area contributed by atoms with E-state index >= 15 is 0 Å². The Morgan fingerprint density at radius 3 is 1.60 bits per heavy atom. The number of fused-ring (bicyclic) bond motifs is 12. The fourth-order valence-corrected chi connectivity index (χ4v) is 15.7. The number of furan rings is 2. The van der Waals surface area contributed by atoms with E-state index in [4.69, 9.17) is 8.83 Å². The lowest BCUT2D eigenvalue weighted by atomic mass is 9.66. The summed E-state index contributed by atoms with van der Waals surface area (Å²) in [7, 11) is 0. The number of hydrogen-bond acceptors (Lipinski definition) is 2. The van der Waals surface area contributed by atoms with Crippen LogP contribution in [0.4, 0.5) is 0 Å². The second-order valence-electron chi connectivity index (χ2n) is 24.5. The Bertz CT molecular complexity index is 5400. The van der Waals surface area contributed by atoms with E-state index in [2.05, 4.69) is 328 Å². The molecule has 18 rings (SSSR count). The molecule has 2 atom stereocenters. The van der Waals surface area contributed by atoms with Crippen LogP contribution in [-0.4, -0.2) is 0 Å². The molecule has 422 valence electrons. The van der Waals surface area contributed by atoms with E-state index < -0.39 is 5.41 Å². The normalized spacial score (nSPS) is 14.0. The molecular formula is C88H58O2. The topological polar surface area (TPSA) is 26.3 Å². The third-order valence-corrected chi connectivity index (χ3v) is 19.7. The molecule has 0 spiro atoms. The maximum atomic E-state index is 6.59. The van der Waals surface area contributed by atoms with Crippen LogP contribution in [0.25, 0.3) is 111 Å². The average molecular weight is 1150 g/mol. The third-order valence-electron chi connectivity index (χ3n) is 19.7. The largest absolute Gasteiger partial charge is 0.456 e. The van der Waals surface area contributed by atoms with Crippen molar-refractivity contribution in [2.24, 2.45) is 0 Å². The first-order chi connectivity index (χ1) is 44.6. The minimum Gasteiger partial charge on any atom is -0.456 e. The Balaban J connectivity index is 0.822. The smallest absolute Gasteiger partial charge is 0.136 e. The third kappa shape index (κ3) is 8.18. The Labute approximate surface area is 523 Å². The van der Waals surface area contributed by atoms with E-state index in [1.54, 1.807) is 0 Å². The molecule has 0 saturated carbocycles. The second kappa shape index (κ2) is 20.9. The average Bonchev–Trinajstić information content (AvgIpc) is 1.54. The molecule has 2 aromatic heterocycles. The van der Waals surface area contributed by atoms with Gasteiger partial charge in [0.05, 0.1) is 5.41 Å². The molecule has 2 nitrogen and oxygen atoms in total. The van der Waals surface area contributed by atoms with Gasteiger partial charge >= 0.3 is 0 Å². The summed E-state index contributed by atoms with van der Waals surface area (Å²) < 4.78 is 13.1. The molecule has 0 radical (unpaired) electrons. The van der Waals surface area contributed by atoms with Crippen molar-refractivity contribution < 1.29 is 8.83 Å². The summed E-state index contributed by atoms with van der Waals surface area (Å²) in [4.78, 5) is 0. The van der Waals surface area contributed by atoms with Crippen molar-refractivity contribution in [3.8, 4) is 66.8 Å². The van der Waals surface area contributed by atoms with Gasteiger partial charge in [0, 0.05) is 33.4 Å². The van der Waals surface area contributed by atoms with Crippen LogP contribution in [0.15, 0.2) is 336 Å². The fourth-order valence-electron chi connectivity index (χ4n) is 15.7. The summed E-state index contributed by atoms with van der Waals surface area (Å²) >= 11 is 0. The van der Waals surface area contributed by atoms with E-state index in [0.29, 0.717) is 0 Å². The van der Waals surface area contributed by atoms with Crippen LogP contribution in [0, 0.1) is 0 Å². The van der Waals surface area contributed by atoms with Gasteiger partial charge < -0.3 is 8.83 Å². The van der Waals surface area contributed by atoms with Crippen LogP contribution in [0.5, 0.6) is 0 Å². The summed E-state index contributed by atoms with van der Waals surface area (Å²) in [5.74, 6) is -0.0626. The molecule has 0 aliphatic heterocycles. The number of hydrogen-bond donors (Lipinski definition) is 0. The molecule has 2 aliphatic carbocycles. The lowest BCUT2D eigenvalue weighted by Gasteiger charge is -2.35. The number of para-hydroxylation sites is 2. The first-order valence-electron chi connectivity index (χ1n) is 31.4. The highest BCUT2D eigenvalue weighted by Crippen LogP contribution is 2.59. The molecule has 2 heteroatoms. The van der Waals surface area contributed by atoms with E-state index in [1.807, 2.05) is 0 Å². The fraction of sp³-hybridized carbons (Fsp3) is 0.0455. The molecule has 16 aromatic rings. The maximum Gasteiger partial charge on any atom is 0.136 e. The summed E-state index contributed by atoms with van der Waals surface area (Å²) in [5.41, 5.74) is 30.5. The monoisotopic (exact) mass is 1150 g/mol. The first kappa shape index (κ1) is 51.9. The highest BCUT2D eigenvalue weighted by molar-refractivity contribution is 6.13. The Hall–Kier alpha value is -11.3. The van der Waals surface area contributed by atoms with Gasteiger partial charge in [-0.15, -0.1) is 0 Å². The van der Waals surface area contributed by atoms with Crippen LogP contribution >= 0.6 is 0 Å². The van der Waals surface area contributed by atoms with Crippen LogP contribution in [0.1, 0.15) is 67.5 Å². The van der Waals surface area contributed by atoms with Crippen molar-refractivity contribution in [2.75, 3.05) is 0 Å². The number of rotatable bonds is 11. The Morgan fingerprint density at radius 2 is 0.844 bits per heavy atom. The minimum atomic E-state index is -0.535. The van der Waals surface area contributed by atoms with E-state index in [-0.39, 0.29) is 11.8 Å². The van der Waals surface area contributed by atoms with Gasteiger partial charge in [0.2, 0.25) is 0 Å². The van der Waals surface area contributed by atoms with Gasteiger partial charge in [-0.3, -0.25) is 0 Å². The summed E-state index contributed by atoms with van der Waals surface area (Å²) in [6.07, 6.45) is 0.766. The van der Waals surface area contributed by atoms with Gasteiger partial charge in [0.15, 0.2) is 0 Å². The van der Waals surface area contributed by atoms with Gasteiger partial charge in [-0.25, -0.2) is 0 Å². The standard InChI is InChI=1S/C88H58O2/c1-5-21-57(22-6-1)66-48-44-62(53-77(66)58-23-7-2-8-24-58)76(51-56-39-47-72-71-30-14-17-36-81(71)90-84(72)52-56)63-45-49-69-78-54-61(67-32-20-38-83-86(67)75-31-15-18-37-82(75)89-83)46-50-73(78)85(79(69)55-63)60-42-40-59(41-43-60)68-33-19-34-74-70-29-13-16-35-80(70)88(87(68)74,64-25-9-3-10-26-64)65-27-11-4-12-28-65/h1-50,52-55,76,85H,51H2. The predicted molar refractivity (Wildman–Crippen MR) is 371 cm³/mol. The maximum absolute atomic E-state index is 6.59. The quantitative estimate of drug-likeness (QED) is 0.129. The molecule has 2 heterocycles. The van der Waals surface area contributed by atoms with Gasteiger partial charge in [0.1, 0.15) is 22.3 Å². The van der Waals surface area contributed by atoms with Gasteiger partial charge in [-0.2, -0.15) is 0 Å². The van der Waals surface area contributed by atoms with E-state index in [0.717, 1.165) is 50.3 Å². The molecule has 0 saturated heterocycles. The van der Waals surface area contributed by atoms with Crippen LogP contribution < -0.4 is 0 Å². The minimum absolute atomic E-state index is 0.0162. The van der Waals surface area contributed by atoms with Crippen LogP contribution in [-0.2, 0) is 11.8 Å². The molecule has 0 bridgehead atoms. The van der Waals surface area contributed by atoms with E-state index in [9.17, 15) is 0 Å². The van der Waals surface area contributed by atoms with Crippen molar-refractivity contribution in [2.45, 2.75) is 23.7 Å². The summed E-state index contributed by atoms with van der Waals surface area (Å²) in [6.45, 7) is 0. The molecule has 90 heavy (non-hydrogen) atoms. The van der Waals surface area contributed by atoms with Crippen molar-refractivity contribution in [3.63, 3.8) is 0 Å². The molecule has 0 amide bonds. The zero-order valence-corrected chi connectivity index (χ0v) is 49.4. The molecule has 2 unspecified atom stereocenters. The summed E-state index contributed by atoms with van der Waals surface area (Å²) in [6, 6.07) is 122. The van der Waals surface area contributed by atoms with Crippen molar-refractivity contribution in [1.82, 2.24) is 0 Å². The Morgan fingerprint density at radius 1 is 0.300 bits per heavy atom. The zero-order chi connectivity index (χ0) is 59.3. The lowest BCUT2D eigenvalue weighted by molar-refractivity contribution is 0.667. The molecular weight excluding hydrogens is 1090 g/mol. The zero-order valence-electron chi connectivity index (χ0n) is 49.4. The second-order valence-corrected chi connectivity index (χ2v) is 24.5. The highest BCUT2D eigenvalue weighted by Gasteiger charge is 2.47. The molecule has 14 aromatic carbocycles. The summed E-state index contributed by atoms with van der Waals surface area (Å²) in [5, 5.41) is 4.55. The molecule has 0 fully saturated rings. The van der Waals surface area contributed by atoms with Crippen molar-refractivity contribution in [1.29, 1.82) is 0 Å². The predicted octanol–water partition coefficient (Wildman–Crippen LogP) is 23.1. The Kier molecular flexibility index (Phi) is 12.1. The van der Waals surface area contributed by atoms with Gasteiger partial charge in [-0.05, 0) is 165 Å². The lowest BCUT2D eigenvalue weighted by Crippen LogP contribution is -2.29. The van der Waals surface area contributed by atoms with Gasteiger partial charge in [0.25, 0.3) is 0 Å². The van der Waals surface area contributed by atoms with E-state index in [1.165, 1.54) is 122 Å². The molecule has 2 aliphatic rings. The first-order valence-corrected chi connectivity index (χ1v) is 31.4. The number of benzene rings is 14. The molecule has 0 N–H and O–H groups in total. The highest BCUT2D eigenvalue weighted by atomic mass is 16.3. The van der Waals surface area contributed by atoms with Crippen molar-refractivity contribution in [3.05, 3.63) is 383 Å². The van der Waals surface area contributed by atoms with Crippen molar-refractivity contribution >= 4 is 43.9 Å². The SMILES string of the molecule is c1ccc(-c2ccc(C(Cc3ccc4c(c3)oc3ccccc34)c3ccc4c(c3)C(c3ccc(-c5cccc6c5C(c5ccccc5)(c5ccccc5)c5ccccc5-6)cc3)c3ccc(-c5cccc6oc7ccccc7c56)cc3-4)cc2-c2ccccc2)cc1.